The lowest BCUT2D eigenvalue weighted by atomic mass is 10.0. The quantitative estimate of drug-likeness (QED) is 0.0161. The van der Waals surface area contributed by atoms with Gasteiger partial charge in [-0.25, -0.2) is 4.79 Å². The Balaban J connectivity index is 2.04. The van der Waals surface area contributed by atoms with E-state index in [0.717, 1.165) is 16.7 Å². The molecule has 1 fully saturated rings. The molecule has 7 atom stereocenters. The number of nitrogens with two attached hydrogens (primary N) is 4. The maximum absolute atomic E-state index is 12.9. The van der Waals surface area contributed by atoms with E-state index in [0.29, 0.717) is 0 Å². The van der Waals surface area contributed by atoms with Crippen molar-refractivity contribution in [2.45, 2.75) is 80.2 Å². The molecule has 0 aromatic rings. The number of carbonyl (C=O) groups is 7. The number of β-lactam (4-membered cyclic amide) rings is 1. The van der Waals surface area contributed by atoms with Crippen LogP contribution in [0.4, 0.5) is 0 Å². The SMILES string of the molecule is NC(N)=NCCCC(NC(=O)C(CO)NC(=O)C(N)CO)C(O)CC(=O)OCC1=C(C(=O)O)N2C(=O)C(NC(=O)CCCC(N)C(=O)O)C2SC1. The van der Waals surface area contributed by atoms with E-state index in [-0.39, 0.29) is 55.9 Å². The van der Waals surface area contributed by atoms with Gasteiger partial charge >= 0.3 is 17.9 Å². The summed E-state index contributed by atoms with van der Waals surface area (Å²) in [5.74, 6) is -7.04. The molecule has 0 radical (unpaired) electrons. The van der Waals surface area contributed by atoms with Crippen LogP contribution in [-0.2, 0) is 38.3 Å². The fourth-order valence-corrected chi connectivity index (χ4v) is 6.23. The fraction of sp³-hybridized carbons (Fsp3) is 0.643. The second kappa shape index (κ2) is 20.3. The van der Waals surface area contributed by atoms with Crippen LogP contribution in [0.1, 0.15) is 38.5 Å². The second-order valence-electron chi connectivity index (χ2n) is 11.6. The van der Waals surface area contributed by atoms with Crippen molar-refractivity contribution in [3.63, 3.8) is 0 Å². The highest BCUT2D eigenvalue weighted by Crippen LogP contribution is 2.40. The van der Waals surface area contributed by atoms with Crippen molar-refractivity contribution in [2.75, 3.05) is 32.1 Å². The molecule has 22 nitrogen and oxygen atoms in total. The number of guanidine groups is 1. The molecule has 0 aliphatic carbocycles. The van der Waals surface area contributed by atoms with Crippen molar-refractivity contribution in [2.24, 2.45) is 27.9 Å². The number of carbonyl (C=O) groups excluding carboxylic acids is 5. The number of ether oxygens (including phenoxy) is 1. The molecule has 16 N–H and O–H groups in total. The first kappa shape index (κ1) is 42.6. The van der Waals surface area contributed by atoms with Crippen LogP contribution < -0.4 is 38.9 Å². The lowest BCUT2D eigenvalue weighted by molar-refractivity contribution is -0.151. The number of aliphatic imine (C=N–C) groups is 1. The van der Waals surface area contributed by atoms with Gasteiger partial charge in [0.2, 0.25) is 17.7 Å². The van der Waals surface area contributed by atoms with Gasteiger partial charge in [0.05, 0.1) is 31.8 Å². The zero-order valence-electron chi connectivity index (χ0n) is 27.4. The summed E-state index contributed by atoms with van der Waals surface area (Å²) in [6, 6.07) is -6.23. The Morgan fingerprint density at radius 3 is 2.25 bits per heavy atom. The van der Waals surface area contributed by atoms with Gasteiger partial charge in [0.1, 0.15) is 41.8 Å². The molecule has 286 valence electrons. The van der Waals surface area contributed by atoms with E-state index < -0.39 is 115 Å². The van der Waals surface area contributed by atoms with Crippen LogP contribution >= 0.6 is 11.8 Å². The number of nitrogens with zero attached hydrogens (tertiary/aromatic N) is 2. The van der Waals surface area contributed by atoms with Gasteiger partial charge in [0, 0.05) is 24.3 Å². The summed E-state index contributed by atoms with van der Waals surface area (Å²) in [5.41, 5.74) is 21.1. The first-order chi connectivity index (χ1) is 24.0. The highest BCUT2D eigenvalue weighted by molar-refractivity contribution is 8.00. The lowest BCUT2D eigenvalue weighted by Gasteiger charge is -2.49. The largest absolute Gasteiger partial charge is 0.480 e. The number of nitrogens with one attached hydrogen (secondary N) is 3. The van der Waals surface area contributed by atoms with E-state index in [1.54, 1.807) is 0 Å². The zero-order valence-corrected chi connectivity index (χ0v) is 28.3. The second-order valence-corrected chi connectivity index (χ2v) is 12.7. The lowest BCUT2D eigenvalue weighted by Crippen LogP contribution is -2.70. The molecule has 2 heterocycles. The van der Waals surface area contributed by atoms with Crippen molar-refractivity contribution in [1.29, 1.82) is 0 Å². The maximum Gasteiger partial charge on any atom is 0.352 e. The van der Waals surface area contributed by atoms with Crippen molar-refractivity contribution in [1.82, 2.24) is 20.9 Å². The Labute approximate surface area is 295 Å². The van der Waals surface area contributed by atoms with E-state index in [2.05, 4.69) is 20.9 Å². The standard InChI is InChI=1S/C28H45N9O13S/c29-13(26(46)47)3-1-5-18(41)36-20-24(45)37-21(27(48)49)12(11-51-25(20)37)10-50-19(42)7-17(40)15(4-2-6-33-28(31)32)34-23(44)16(9-39)35-22(43)14(30)8-38/h13-17,20,25,38-40H,1-11,29-30H2,(H,34,44)(H,35,43)(H,36,41)(H,46,47)(H,48,49)(H4,31,32,33). The number of carboxylic acid groups (broad SMARTS) is 2. The molecule has 2 aliphatic heterocycles. The van der Waals surface area contributed by atoms with Gasteiger partial charge in [-0.2, -0.15) is 0 Å². The molecule has 1 saturated heterocycles. The molecule has 51 heavy (non-hydrogen) atoms. The molecule has 7 unspecified atom stereocenters. The minimum absolute atomic E-state index is 0.00340. The number of amides is 4. The van der Waals surface area contributed by atoms with Crippen LogP contribution in [0.15, 0.2) is 16.3 Å². The molecule has 23 heteroatoms. The molecular weight excluding hydrogens is 702 g/mol. The summed E-state index contributed by atoms with van der Waals surface area (Å²) >= 11 is 1.11. The van der Waals surface area contributed by atoms with Crippen LogP contribution in [0.25, 0.3) is 0 Å². The average Bonchev–Trinajstić information content (AvgIpc) is 3.08. The number of hydrogen-bond donors (Lipinski definition) is 12. The van der Waals surface area contributed by atoms with Crippen molar-refractivity contribution >= 4 is 59.3 Å². The summed E-state index contributed by atoms with van der Waals surface area (Å²) in [7, 11) is 0. The number of rotatable bonds is 22. The average molecular weight is 748 g/mol. The fourth-order valence-electron chi connectivity index (χ4n) is 4.90. The summed E-state index contributed by atoms with van der Waals surface area (Å²) < 4.78 is 5.22. The van der Waals surface area contributed by atoms with Gasteiger partial charge in [0.25, 0.3) is 5.91 Å². The van der Waals surface area contributed by atoms with Gasteiger partial charge in [-0.15, -0.1) is 11.8 Å². The monoisotopic (exact) mass is 747 g/mol. The zero-order chi connectivity index (χ0) is 38.4. The maximum atomic E-state index is 12.9. The minimum Gasteiger partial charge on any atom is -0.480 e. The highest BCUT2D eigenvalue weighted by atomic mass is 32.2. The third kappa shape index (κ3) is 12.6. The number of hydrogen-bond acceptors (Lipinski definition) is 15. The van der Waals surface area contributed by atoms with Crippen LogP contribution in [0, 0.1) is 0 Å². The van der Waals surface area contributed by atoms with E-state index in [9.17, 15) is 48.9 Å². The Morgan fingerprint density at radius 1 is 0.980 bits per heavy atom. The summed E-state index contributed by atoms with van der Waals surface area (Å²) in [6.45, 7) is -2.08. The molecular formula is C28H45N9O13S. The Hall–Kier alpha value is -4.55. The van der Waals surface area contributed by atoms with Crippen LogP contribution in [0.3, 0.4) is 0 Å². The molecule has 0 saturated carbocycles. The number of fused-ring (bicyclic) bond motifs is 1. The van der Waals surface area contributed by atoms with E-state index in [1.807, 2.05) is 0 Å². The molecule has 2 aliphatic rings. The summed E-state index contributed by atoms with van der Waals surface area (Å²) in [4.78, 5) is 90.6. The Kier molecular flexibility index (Phi) is 17.0. The van der Waals surface area contributed by atoms with E-state index in [4.69, 9.17) is 37.9 Å². The highest BCUT2D eigenvalue weighted by Gasteiger charge is 2.54. The third-order valence-electron chi connectivity index (χ3n) is 7.69. The predicted molar refractivity (Wildman–Crippen MR) is 177 cm³/mol. The molecule has 4 amide bonds. The first-order valence-electron chi connectivity index (χ1n) is 15.7. The summed E-state index contributed by atoms with van der Waals surface area (Å²) in [5, 5.41) is 54.6. The molecule has 0 aromatic heterocycles. The van der Waals surface area contributed by atoms with Crippen molar-refractivity contribution < 1.29 is 63.8 Å². The van der Waals surface area contributed by atoms with Crippen LogP contribution in [-0.4, -0.2) is 152 Å². The van der Waals surface area contributed by atoms with E-state index >= 15 is 0 Å². The van der Waals surface area contributed by atoms with E-state index in [1.165, 1.54) is 0 Å². The number of thioether (sulfide) groups is 1. The Bertz CT molecular complexity index is 1380. The number of esters is 1. The van der Waals surface area contributed by atoms with Gasteiger partial charge < -0.3 is 69.2 Å². The van der Waals surface area contributed by atoms with Crippen molar-refractivity contribution in [3.8, 4) is 0 Å². The van der Waals surface area contributed by atoms with Gasteiger partial charge in [-0.05, 0) is 25.7 Å². The van der Waals surface area contributed by atoms with Crippen LogP contribution in [0.2, 0.25) is 0 Å². The number of aliphatic carboxylic acids is 2. The molecule has 0 bridgehead atoms. The molecule has 2 rings (SSSR count). The number of carboxylic acids is 2. The number of aliphatic hydroxyl groups excluding tert-OH is 3. The number of aliphatic hydroxyl groups is 3. The molecule has 0 spiro atoms. The van der Waals surface area contributed by atoms with Gasteiger partial charge in [-0.3, -0.25) is 38.7 Å². The first-order valence-corrected chi connectivity index (χ1v) is 16.7. The van der Waals surface area contributed by atoms with Gasteiger partial charge in [-0.1, -0.05) is 0 Å². The topological polar surface area (TPSA) is 386 Å². The Morgan fingerprint density at radius 2 is 1.67 bits per heavy atom. The summed E-state index contributed by atoms with van der Waals surface area (Å²) in [6.07, 6.45) is -1.98. The van der Waals surface area contributed by atoms with Gasteiger partial charge in [0.15, 0.2) is 5.96 Å². The molecule has 0 aromatic carbocycles. The predicted octanol–water partition coefficient (Wildman–Crippen LogP) is -6.06. The third-order valence-corrected chi connectivity index (χ3v) is 9.03. The smallest absolute Gasteiger partial charge is 0.352 e. The normalized spacial score (nSPS) is 19.6. The van der Waals surface area contributed by atoms with Crippen molar-refractivity contribution in [3.05, 3.63) is 11.3 Å². The minimum atomic E-state index is -1.59. The van der Waals surface area contributed by atoms with Crippen LogP contribution in [0.5, 0.6) is 0 Å².